The highest BCUT2D eigenvalue weighted by molar-refractivity contribution is 7.89. The minimum absolute atomic E-state index is 0.132. The van der Waals surface area contributed by atoms with Gasteiger partial charge in [-0.1, -0.05) is 23.8 Å². The average molecular weight is 564 g/mol. The zero-order valence-electron chi connectivity index (χ0n) is 20.7. The van der Waals surface area contributed by atoms with Gasteiger partial charge in [-0.25, -0.2) is 13.4 Å². The largest absolute Gasteiger partial charge is 0.416 e. The van der Waals surface area contributed by atoms with Crippen LogP contribution in [0.4, 0.5) is 19.0 Å². The molecule has 0 radical (unpaired) electrons. The second kappa shape index (κ2) is 10.4. The van der Waals surface area contributed by atoms with Gasteiger partial charge in [-0.15, -0.1) is 0 Å². The van der Waals surface area contributed by atoms with E-state index in [1.165, 1.54) is 4.31 Å². The fraction of sp³-hybridized carbons (Fsp3) is 0.360. The van der Waals surface area contributed by atoms with E-state index in [0.717, 1.165) is 70.3 Å². The maximum absolute atomic E-state index is 13.0. The van der Waals surface area contributed by atoms with Crippen LogP contribution in [0.1, 0.15) is 36.9 Å². The molecule has 1 N–H and O–H groups in total. The second-order valence-corrected chi connectivity index (χ2v) is 12.0. The molecular formula is C25H26BClF3N5O2S. The van der Waals surface area contributed by atoms with Crippen LogP contribution in [-0.2, 0) is 16.2 Å². The van der Waals surface area contributed by atoms with E-state index >= 15 is 0 Å². The smallest absolute Gasteiger partial charge is 0.370 e. The van der Waals surface area contributed by atoms with Gasteiger partial charge in [-0.3, -0.25) is 0 Å². The first-order valence-electron chi connectivity index (χ1n) is 12.4. The summed E-state index contributed by atoms with van der Waals surface area (Å²) in [6, 6.07) is 5.57. The monoisotopic (exact) mass is 563 g/mol. The number of fused-ring (bicyclic) bond motifs is 1. The molecule has 2 aliphatic rings. The number of halogens is 4. The van der Waals surface area contributed by atoms with Gasteiger partial charge in [-0.05, 0) is 61.3 Å². The molecule has 7 nitrogen and oxygen atoms in total. The zero-order valence-corrected chi connectivity index (χ0v) is 22.2. The Balaban J connectivity index is 1.26. The minimum atomic E-state index is -4.51. The number of hydrogen-bond acceptors (Lipinski definition) is 5. The van der Waals surface area contributed by atoms with Gasteiger partial charge in [0.1, 0.15) is 13.7 Å². The molecule has 3 aromatic rings. The van der Waals surface area contributed by atoms with Gasteiger partial charge in [0.25, 0.3) is 0 Å². The standard InChI is InChI=1S/C25H26BClF3N5O2S/c26-20-15-32-35-23(13-22(33-24(20)35)19-3-1-2-4-21(19)27)31-14-16-9-11-34(12-10-16)38(36,37)18-7-5-17(6-8-18)25(28,29)30/h1,3,5-8,13,15-16,31H,2,4,9-12,14,26H2. The summed E-state index contributed by atoms with van der Waals surface area (Å²) in [4.78, 5) is 4.65. The van der Waals surface area contributed by atoms with Crippen molar-refractivity contribution in [2.24, 2.45) is 5.92 Å². The fourth-order valence-corrected chi connectivity index (χ4v) is 6.50. The molecule has 0 amide bonds. The van der Waals surface area contributed by atoms with Gasteiger partial charge >= 0.3 is 6.18 Å². The number of allylic oxidation sites excluding steroid dienone is 4. The summed E-state index contributed by atoms with van der Waals surface area (Å²) in [5, 5.41) is 8.69. The fourth-order valence-electron chi connectivity index (χ4n) is 4.76. The van der Waals surface area contributed by atoms with Gasteiger partial charge in [0.2, 0.25) is 10.0 Å². The van der Waals surface area contributed by atoms with Crippen molar-refractivity contribution in [3.63, 3.8) is 0 Å². The molecule has 0 unspecified atom stereocenters. The van der Waals surface area contributed by atoms with E-state index in [4.69, 9.17) is 16.6 Å². The number of sulfonamides is 1. The Hall–Kier alpha value is -2.83. The summed E-state index contributed by atoms with van der Waals surface area (Å²) in [5.41, 5.74) is 2.46. The first-order valence-corrected chi connectivity index (χ1v) is 14.2. The molecule has 2 aromatic heterocycles. The lowest BCUT2D eigenvalue weighted by Gasteiger charge is -2.31. The van der Waals surface area contributed by atoms with Crippen LogP contribution >= 0.6 is 11.6 Å². The van der Waals surface area contributed by atoms with Crippen molar-refractivity contribution in [2.45, 2.75) is 36.8 Å². The van der Waals surface area contributed by atoms with Crippen molar-refractivity contribution in [3.05, 3.63) is 65.0 Å². The van der Waals surface area contributed by atoms with Crippen LogP contribution in [0.2, 0.25) is 0 Å². The summed E-state index contributed by atoms with van der Waals surface area (Å²) in [7, 11) is -1.92. The molecule has 1 aliphatic carbocycles. The van der Waals surface area contributed by atoms with Gasteiger partial charge in [0, 0.05) is 42.5 Å². The van der Waals surface area contributed by atoms with Gasteiger partial charge in [-0.2, -0.15) is 27.1 Å². The van der Waals surface area contributed by atoms with Crippen LogP contribution in [0.5, 0.6) is 0 Å². The molecule has 0 atom stereocenters. The maximum atomic E-state index is 13.0. The molecule has 38 heavy (non-hydrogen) atoms. The van der Waals surface area contributed by atoms with Crippen molar-refractivity contribution in [1.82, 2.24) is 18.9 Å². The van der Waals surface area contributed by atoms with Crippen molar-refractivity contribution >= 4 is 52.0 Å². The Kier molecular flexibility index (Phi) is 7.32. The van der Waals surface area contributed by atoms with Crippen molar-refractivity contribution in [1.29, 1.82) is 0 Å². The average Bonchev–Trinajstić information content (AvgIpc) is 3.28. The van der Waals surface area contributed by atoms with E-state index in [1.54, 1.807) is 10.7 Å². The molecule has 1 fully saturated rings. The molecule has 1 saturated heterocycles. The normalized spacial score (nSPS) is 17.9. The number of aromatic nitrogens is 3. The van der Waals surface area contributed by atoms with Crippen LogP contribution < -0.4 is 10.8 Å². The highest BCUT2D eigenvalue weighted by atomic mass is 35.5. The molecule has 5 rings (SSSR count). The molecular weight excluding hydrogens is 538 g/mol. The summed E-state index contributed by atoms with van der Waals surface area (Å²) < 4.78 is 67.6. The lowest BCUT2D eigenvalue weighted by Crippen LogP contribution is -2.39. The summed E-state index contributed by atoms with van der Waals surface area (Å²) >= 11 is 6.50. The van der Waals surface area contributed by atoms with Gasteiger partial charge in [0.15, 0.2) is 5.65 Å². The van der Waals surface area contributed by atoms with E-state index in [1.807, 2.05) is 20.0 Å². The quantitative estimate of drug-likeness (QED) is 0.462. The number of anilines is 1. The Labute approximate surface area is 224 Å². The predicted molar refractivity (Wildman–Crippen MR) is 144 cm³/mol. The number of piperidine rings is 1. The molecule has 0 saturated carbocycles. The van der Waals surface area contributed by atoms with Crippen molar-refractivity contribution in [2.75, 3.05) is 25.0 Å². The lowest BCUT2D eigenvalue weighted by molar-refractivity contribution is -0.137. The number of benzene rings is 1. The summed E-state index contributed by atoms with van der Waals surface area (Å²) in [6.07, 6.45) is 4.22. The minimum Gasteiger partial charge on any atom is -0.370 e. The molecule has 0 spiro atoms. The van der Waals surface area contributed by atoms with Crippen LogP contribution in [-0.4, -0.2) is 54.8 Å². The Morgan fingerprint density at radius 2 is 1.87 bits per heavy atom. The second-order valence-electron chi connectivity index (χ2n) is 9.60. The number of nitrogens with one attached hydrogen (secondary N) is 1. The van der Waals surface area contributed by atoms with Crippen molar-refractivity contribution < 1.29 is 21.6 Å². The SMILES string of the molecule is Bc1cnn2c(NCC3CCN(S(=O)(=O)c4ccc(C(F)(F)F)cc4)CC3)cc(C3=C(Cl)CCC=C3)nc12. The van der Waals surface area contributed by atoms with Crippen LogP contribution in [0, 0.1) is 5.92 Å². The molecule has 0 bridgehead atoms. The molecule has 13 heteroatoms. The Bertz CT molecular complexity index is 1510. The molecule has 1 aromatic carbocycles. The third-order valence-corrected chi connectivity index (χ3v) is 9.30. The maximum Gasteiger partial charge on any atom is 0.416 e. The van der Waals surface area contributed by atoms with E-state index in [0.29, 0.717) is 32.5 Å². The lowest BCUT2D eigenvalue weighted by atomic mass is 9.98. The third kappa shape index (κ3) is 5.34. The van der Waals surface area contributed by atoms with E-state index in [-0.39, 0.29) is 10.8 Å². The molecule has 3 heterocycles. The van der Waals surface area contributed by atoms with E-state index in [9.17, 15) is 21.6 Å². The van der Waals surface area contributed by atoms with Gasteiger partial charge in [0.05, 0.1) is 16.2 Å². The highest BCUT2D eigenvalue weighted by Crippen LogP contribution is 2.32. The van der Waals surface area contributed by atoms with E-state index < -0.39 is 21.8 Å². The zero-order chi connectivity index (χ0) is 27.1. The van der Waals surface area contributed by atoms with Crippen molar-refractivity contribution in [3.8, 4) is 0 Å². The first-order chi connectivity index (χ1) is 18.0. The topological polar surface area (TPSA) is 79.6 Å². The molecule has 1 aliphatic heterocycles. The Morgan fingerprint density at radius 3 is 2.53 bits per heavy atom. The highest BCUT2D eigenvalue weighted by Gasteiger charge is 2.33. The number of alkyl halides is 3. The number of rotatable bonds is 6. The van der Waals surface area contributed by atoms with Crippen LogP contribution in [0.25, 0.3) is 11.2 Å². The van der Waals surface area contributed by atoms with Crippen LogP contribution in [0.3, 0.4) is 0 Å². The Morgan fingerprint density at radius 1 is 1.16 bits per heavy atom. The van der Waals surface area contributed by atoms with E-state index in [2.05, 4.69) is 16.5 Å². The van der Waals surface area contributed by atoms with Crippen LogP contribution in [0.15, 0.2) is 58.6 Å². The molecule has 200 valence electrons. The number of hydrogen-bond donors (Lipinski definition) is 1. The van der Waals surface area contributed by atoms with Gasteiger partial charge < -0.3 is 5.32 Å². The predicted octanol–water partition coefficient (Wildman–Crippen LogP) is 3.82. The first kappa shape index (κ1) is 26.8. The number of nitrogens with zero attached hydrogens (tertiary/aromatic N) is 4. The summed E-state index contributed by atoms with van der Waals surface area (Å²) in [5.74, 6) is 0.976. The third-order valence-electron chi connectivity index (χ3n) is 7.00. The summed E-state index contributed by atoms with van der Waals surface area (Å²) in [6.45, 7) is 1.19.